The number of carbonyl (C=O) groups is 1. The predicted molar refractivity (Wildman–Crippen MR) is 81.9 cm³/mol. The number of nitrogens with one attached hydrogen (secondary N) is 1. The van der Waals surface area contributed by atoms with Gasteiger partial charge in [-0.3, -0.25) is 14.9 Å². The predicted octanol–water partition coefficient (Wildman–Crippen LogP) is 3.71. The van der Waals surface area contributed by atoms with Crippen molar-refractivity contribution in [2.24, 2.45) is 10.2 Å². The molecule has 0 aliphatic heterocycles. The van der Waals surface area contributed by atoms with Crippen LogP contribution < -0.4 is 0 Å². The smallest absolute Gasteiger partial charge is 0.295 e. The molecule has 8 nitrogen and oxygen atoms in total. The number of nitro groups is 1. The van der Waals surface area contributed by atoms with Crippen LogP contribution in [0.3, 0.4) is 0 Å². The van der Waals surface area contributed by atoms with Crippen molar-refractivity contribution in [1.29, 1.82) is 0 Å². The molecule has 0 bridgehead atoms. The molecule has 2 N–H and O–H groups in total. The molecule has 0 fully saturated rings. The van der Waals surface area contributed by atoms with Gasteiger partial charge in [0.05, 0.1) is 10.4 Å². The third kappa shape index (κ3) is 2.77. The Labute approximate surface area is 129 Å². The highest BCUT2D eigenvalue weighted by Gasteiger charge is 2.15. The SMILES string of the molecule is O=C(N=Nc1c(O)[nH]c2ccc([N+](=O)[O-])cc12)c1ccccc1. The number of aromatic nitrogens is 1. The minimum Gasteiger partial charge on any atom is -0.493 e. The molecule has 0 aliphatic carbocycles. The summed E-state index contributed by atoms with van der Waals surface area (Å²) in [6, 6.07) is 12.3. The minimum absolute atomic E-state index is 0.0204. The molecule has 1 heterocycles. The normalized spacial score (nSPS) is 11.1. The molecule has 23 heavy (non-hydrogen) atoms. The molecule has 0 aliphatic rings. The number of carbonyl (C=O) groups excluding carboxylic acids is 1. The van der Waals surface area contributed by atoms with E-state index in [1.165, 1.54) is 18.2 Å². The molecular weight excluding hydrogens is 300 g/mol. The third-order valence-electron chi connectivity index (χ3n) is 3.21. The first kappa shape index (κ1) is 14.4. The topological polar surface area (TPSA) is 121 Å². The van der Waals surface area contributed by atoms with Crippen LogP contribution in [0.2, 0.25) is 0 Å². The number of fused-ring (bicyclic) bond motifs is 1. The number of nitrogens with zero attached hydrogens (tertiary/aromatic N) is 3. The van der Waals surface area contributed by atoms with Crippen molar-refractivity contribution in [1.82, 2.24) is 4.98 Å². The fourth-order valence-electron chi connectivity index (χ4n) is 2.10. The molecule has 114 valence electrons. The Kier molecular flexibility index (Phi) is 3.55. The molecule has 0 unspecified atom stereocenters. The van der Waals surface area contributed by atoms with Gasteiger partial charge in [0.15, 0.2) is 5.69 Å². The Morgan fingerprint density at radius 3 is 2.61 bits per heavy atom. The van der Waals surface area contributed by atoms with Gasteiger partial charge in [0.2, 0.25) is 5.88 Å². The monoisotopic (exact) mass is 310 g/mol. The third-order valence-corrected chi connectivity index (χ3v) is 3.21. The second-order valence-electron chi connectivity index (χ2n) is 4.68. The Morgan fingerprint density at radius 2 is 1.91 bits per heavy atom. The summed E-state index contributed by atoms with van der Waals surface area (Å²) in [4.78, 5) is 24.8. The molecule has 0 spiro atoms. The zero-order valence-electron chi connectivity index (χ0n) is 11.6. The van der Waals surface area contributed by atoms with Crippen LogP contribution in [0.1, 0.15) is 10.4 Å². The fourth-order valence-corrected chi connectivity index (χ4v) is 2.10. The average molecular weight is 310 g/mol. The van der Waals surface area contributed by atoms with E-state index in [1.807, 2.05) is 0 Å². The number of hydrogen-bond acceptors (Lipinski definition) is 5. The number of non-ortho nitro benzene ring substituents is 1. The number of rotatable bonds is 3. The van der Waals surface area contributed by atoms with Crippen LogP contribution in [0, 0.1) is 10.1 Å². The van der Waals surface area contributed by atoms with E-state index in [1.54, 1.807) is 30.3 Å². The van der Waals surface area contributed by atoms with Gasteiger partial charge < -0.3 is 10.1 Å². The molecule has 1 aromatic heterocycles. The maximum absolute atomic E-state index is 11.9. The minimum atomic E-state index is -0.579. The maximum Gasteiger partial charge on any atom is 0.295 e. The number of nitro benzene ring substituents is 1. The Morgan fingerprint density at radius 1 is 1.17 bits per heavy atom. The largest absolute Gasteiger partial charge is 0.493 e. The van der Waals surface area contributed by atoms with E-state index in [9.17, 15) is 20.0 Å². The molecule has 0 atom stereocenters. The van der Waals surface area contributed by atoms with Crippen LogP contribution >= 0.6 is 0 Å². The lowest BCUT2D eigenvalue weighted by Gasteiger charge is -1.94. The molecule has 3 aromatic rings. The lowest BCUT2D eigenvalue weighted by Crippen LogP contribution is -1.91. The molecule has 3 rings (SSSR count). The van der Waals surface area contributed by atoms with Crippen molar-refractivity contribution < 1.29 is 14.8 Å². The maximum atomic E-state index is 11.9. The molecule has 2 aromatic carbocycles. The number of azo groups is 1. The summed E-state index contributed by atoms with van der Waals surface area (Å²) in [6.45, 7) is 0. The van der Waals surface area contributed by atoms with Crippen LogP contribution in [-0.2, 0) is 0 Å². The van der Waals surface area contributed by atoms with Crippen LogP contribution in [0.15, 0.2) is 58.8 Å². The van der Waals surface area contributed by atoms with E-state index in [0.29, 0.717) is 16.5 Å². The van der Waals surface area contributed by atoms with E-state index < -0.39 is 10.8 Å². The highest BCUT2D eigenvalue weighted by molar-refractivity contribution is 5.97. The summed E-state index contributed by atoms with van der Waals surface area (Å²) in [5, 5.41) is 28.3. The molecule has 0 saturated heterocycles. The fraction of sp³-hybridized carbons (Fsp3) is 0. The standard InChI is InChI=1S/C15H10N4O4/c20-14(9-4-2-1-3-5-9)18-17-13-11-8-10(19(22)23)6-7-12(11)16-15(13)21/h1-8,16,21H. The van der Waals surface area contributed by atoms with Gasteiger partial charge in [-0.1, -0.05) is 18.2 Å². The summed E-state index contributed by atoms with van der Waals surface area (Å²) in [6.07, 6.45) is 0. The summed E-state index contributed by atoms with van der Waals surface area (Å²) < 4.78 is 0. The summed E-state index contributed by atoms with van der Waals surface area (Å²) in [5.41, 5.74) is 0.631. The Hall–Kier alpha value is -3.55. The van der Waals surface area contributed by atoms with Crippen molar-refractivity contribution in [3.8, 4) is 5.88 Å². The van der Waals surface area contributed by atoms with E-state index in [4.69, 9.17) is 0 Å². The highest BCUT2D eigenvalue weighted by atomic mass is 16.6. The molecular formula is C15H10N4O4. The first-order valence-electron chi connectivity index (χ1n) is 6.56. The summed E-state index contributed by atoms with van der Waals surface area (Å²) in [7, 11) is 0. The van der Waals surface area contributed by atoms with Gasteiger partial charge in [0.25, 0.3) is 11.6 Å². The lowest BCUT2D eigenvalue weighted by molar-refractivity contribution is -0.384. The quantitative estimate of drug-likeness (QED) is 0.435. The number of aromatic amines is 1. The molecule has 0 saturated carbocycles. The first-order valence-corrected chi connectivity index (χ1v) is 6.56. The van der Waals surface area contributed by atoms with E-state index in [0.717, 1.165) is 0 Å². The van der Waals surface area contributed by atoms with Crippen molar-refractivity contribution in [2.75, 3.05) is 0 Å². The van der Waals surface area contributed by atoms with Crippen LogP contribution in [-0.4, -0.2) is 20.9 Å². The van der Waals surface area contributed by atoms with Gasteiger partial charge in [0, 0.05) is 23.1 Å². The zero-order chi connectivity index (χ0) is 16.4. The van der Waals surface area contributed by atoms with E-state index >= 15 is 0 Å². The van der Waals surface area contributed by atoms with Crippen molar-refractivity contribution >= 4 is 28.2 Å². The second kappa shape index (κ2) is 5.68. The van der Waals surface area contributed by atoms with Gasteiger partial charge in [0.1, 0.15) is 0 Å². The van der Waals surface area contributed by atoms with Crippen molar-refractivity contribution in [3.63, 3.8) is 0 Å². The van der Waals surface area contributed by atoms with Crippen molar-refractivity contribution in [2.45, 2.75) is 0 Å². The van der Waals surface area contributed by atoms with Gasteiger partial charge >= 0.3 is 0 Å². The van der Waals surface area contributed by atoms with E-state index in [2.05, 4.69) is 15.2 Å². The van der Waals surface area contributed by atoms with Gasteiger partial charge in [-0.15, -0.1) is 10.2 Å². The number of aromatic hydroxyl groups is 1. The van der Waals surface area contributed by atoms with Crippen molar-refractivity contribution in [3.05, 3.63) is 64.2 Å². The number of hydrogen-bond donors (Lipinski definition) is 2. The van der Waals surface area contributed by atoms with Gasteiger partial charge in [-0.25, -0.2) is 0 Å². The molecule has 8 heteroatoms. The second-order valence-corrected chi connectivity index (χ2v) is 4.68. The zero-order valence-corrected chi connectivity index (χ0v) is 11.6. The van der Waals surface area contributed by atoms with Crippen LogP contribution in [0.5, 0.6) is 5.88 Å². The first-order chi connectivity index (χ1) is 11.1. The highest BCUT2D eigenvalue weighted by Crippen LogP contribution is 2.37. The van der Waals surface area contributed by atoms with Gasteiger partial charge in [-0.05, 0) is 18.2 Å². The van der Waals surface area contributed by atoms with Gasteiger partial charge in [-0.2, -0.15) is 0 Å². The molecule has 1 amide bonds. The summed E-state index contributed by atoms with van der Waals surface area (Å²) >= 11 is 0. The van der Waals surface area contributed by atoms with Crippen LogP contribution in [0.25, 0.3) is 10.9 Å². The number of H-pyrrole nitrogens is 1. The average Bonchev–Trinajstić information content (AvgIpc) is 2.87. The Balaban J connectivity index is 2.00. The molecule has 0 radical (unpaired) electrons. The summed E-state index contributed by atoms with van der Waals surface area (Å²) in [5.74, 6) is -0.894. The Bertz CT molecular complexity index is 931. The number of amides is 1. The van der Waals surface area contributed by atoms with Crippen LogP contribution in [0.4, 0.5) is 11.4 Å². The number of benzene rings is 2. The lowest BCUT2D eigenvalue weighted by atomic mass is 10.2. The van der Waals surface area contributed by atoms with E-state index in [-0.39, 0.29) is 17.3 Å².